The Hall–Kier alpha value is -0.440. The standard InChI is InChI=1S/C6H7/c1-2-4-6-5-3-1/h1H,2-4H2. The van der Waals surface area contributed by atoms with E-state index in [4.69, 9.17) is 0 Å². The summed E-state index contributed by atoms with van der Waals surface area (Å²) < 4.78 is 0. The molecule has 0 aromatic rings. The highest BCUT2D eigenvalue weighted by atomic mass is 13.9. The minimum Gasteiger partial charge on any atom is -0.103 e. The van der Waals surface area contributed by atoms with Crippen LogP contribution in [0.15, 0.2) is 0 Å². The highest BCUT2D eigenvalue weighted by Crippen LogP contribution is 1.99. The largest absolute Gasteiger partial charge is 0.103 e. The maximum atomic E-state index is 3.00. The first-order chi connectivity index (χ1) is 3.00. The van der Waals surface area contributed by atoms with Gasteiger partial charge in [0.05, 0.1) is 0 Å². The molecule has 0 N–H and O–H groups in total. The van der Waals surface area contributed by atoms with E-state index in [1.165, 1.54) is 6.42 Å². The van der Waals surface area contributed by atoms with Crippen LogP contribution >= 0.6 is 0 Å². The van der Waals surface area contributed by atoms with Crippen LogP contribution in [0, 0.1) is 18.3 Å². The Labute approximate surface area is 38.6 Å². The van der Waals surface area contributed by atoms with E-state index in [1.54, 1.807) is 0 Å². The lowest BCUT2D eigenvalue weighted by Gasteiger charge is -1.92. The third-order valence-corrected chi connectivity index (χ3v) is 0.845. The zero-order valence-electron chi connectivity index (χ0n) is 3.70. The Morgan fingerprint density at radius 1 is 1.33 bits per heavy atom. The fourth-order valence-corrected chi connectivity index (χ4v) is 0.509. The molecule has 0 aromatic heterocycles. The minimum atomic E-state index is 1.01. The average Bonchev–Trinajstić information content (AvgIpc) is 1.72. The van der Waals surface area contributed by atoms with E-state index in [0.29, 0.717) is 0 Å². The summed E-state index contributed by atoms with van der Waals surface area (Å²) >= 11 is 0. The van der Waals surface area contributed by atoms with Crippen molar-refractivity contribution < 1.29 is 0 Å². The van der Waals surface area contributed by atoms with Gasteiger partial charge in [-0.15, -0.1) is 11.8 Å². The fraction of sp³-hybridized carbons (Fsp3) is 0.500. The van der Waals surface area contributed by atoms with Crippen molar-refractivity contribution >= 4 is 0 Å². The molecule has 0 spiro atoms. The lowest BCUT2D eigenvalue weighted by Crippen LogP contribution is -1.79. The van der Waals surface area contributed by atoms with Crippen LogP contribution in [-0.4, -0.2) is 0 Å². The summed E-state index contributed by atoms with van der Waals surface area (Å²) in [5, 5.41) is 0. The molecule has 0 amide bonds. The minimum absolute atomic E-state index is 1.01. The molecule has 0 heterocycles. The summed E-state index contributed by atoms with van der Waals surface area (Å²) in [6, 6.07) is 0. The number of hydrogen-bond donors (Lipinski definition) is 0. The van der Waals surface area contributed by atoms with Gasteiger partial charge in [0, 0.05) is 12.8 Å². The van der Waals surface area contributed by atoms with Crippen molar-refractivity contribution in [3.8, 4) is 11.8 Å². The van der Waals surface area contributed by atoms with Gasteiger partial charge < -0.3 is 0 Å². The molecule has 1 radical (unpaired) electrons. The van der Waals surface area contributed by atoms with Gasteiger partial charge in [-0.25, -0.2) is 0 Å². The van der Waals surface area contributed by atoms with Gasteiger partial charge in [-0.05, 0) is 12.8 Å². The van der Waals surface area contributed by atoms with Gasteiger partial charge in [-0.3, -0.25) is 0 Å². The normalized spacial score (nSPS) is 18.7. The Bertz CT molecular complexity index is 71.9. The zero-order valence-corrected chi connectivity index (χ0v) is 3.70. The third-order valence-electron chi connectivity index (χ3n) is 0.845. The predicted molar refractivity (Wildman–Crippen MR) is 25.9 cm³/mol. The van der Waals surface area contributed by atoms with Gasteiger partial charge >= 0.3 is 0 Å². The smallest absolute Gasteiger partial charge is 0.0120 e. The van der Waals surface area contributed by atoms with Crippen molar-refractivity contribution in [3.05, 3.63) is 6.42 Å². The Morgan fingerprint density at radius 3 is 2.50 bits per heavy atom. The van der Waals surface area contributed by atoms with Gasteiger partial charge in [0.1, 0.15) is 0 Å². The van der Waals surface area contributed by atoms with Gasteiger partial charge in [-0.2, -0.15) is 0 Å². The summed E-state index contributed by atoms with van der Waals surface area (Å²) in [6.07, 6.45) is 5.52. The molecule has 0 atom stereocenters. The lowest BCUT2D eigenvalue weighted by atomic mass is 10.1. The molecular formula is C6H7. The van der Waals surface area contributed by atoms with E-state index >= 15 is 0 Å². The van der Waals surface area contributed by atoms with Crippen LogP contribution in [0.5, 0.6) is 0 Å². The molecule has 0 bridgehead atoms. The van der Waals surface area contributed by atoms with Crippen molar-refractivity contribution in [2.24, 2.45) is 0 Å². The van der Waals surface area contributed by atoms with Crippen molar-refractivity contribution in [3.63, 3.8) is 0 Å². The first-order valence-corrected chi connectivity index (χ1v) is 2.27. The van der Waals surface area contributed by atoms with E-state index in [2.05, 4.69) is 18.3 Å². The molecule has 0 heteroatoms. The second-order valence-electron chi connectivity index (χ2n) is 1.39. The van der Waals surface area contributed by atoms with Crippen LogP contribution in [0.2, 0.25) is 0 Å². The molecule has 6 heavy (non-hydrogen) atoms. The van der Waals surface area contributed by atoms with Gasteiger partial charge in [0.2, 0.25) is 0 Å². The van der Waals surface area contributed by atoms with E-state index in [-0.39, 0.29) is 0 Å². The summed E-state index contributed by atoms with van der Waals surface area (Å²) in [5.74, 6) is 5.98. The van der Waals surface area contributed by atoms with Crippen molar-refractivity contribution in [1.82, 2.24) is 0 Å². The first-order valence-electron chi connectivity index (χ1n) is 2.27. The lowest BCUT2D eigenvalue weighted by molar-refractivity contribution is 0.937. The van der Waals surface area contributed by atoms with E-state index < -0.39 is 0 Å². The molecule has 1 rings (SSSR count). The first kappa shape index (κ1) is 3.74. The summed E-state index contributed by atoms with van der Waals surface area (Å²) in [4.78, 5) is 0. The third kappa shape index (κ3) is 0.755. The van der Waals surface area contributed by atoms with Crippen molar-refractivity contribution in [2.75, 3.05) is 0 Å². The molecule has 0 saturated heterocycles. The SMILES string of the molecule is C1#CCC[CH]C1. The van der Waals surface area contributed by atoms with Crippen LogP contribution in [-0.2, 0) is 0 Å². The highest BCUT2D eigenvalue weighted by molar-refractivity contribution is 5.06. The van der Waals surface area contributed by atoms with Gasteiger partial charge in [0.25, 0.3) is 0 Å². The van der Waals surface area contributed by atoms with Crippen LogP contribution in [0.1, 0.15) is 19.3 Å². The monoisotopic (exact) mass is 79.1 g/mol. The molecule has 0 fully saturated rings. The maximum absolute atomic E-state index is 3.00. The van der Waals surface area contributed by atoms with Crippen LogP contribution in [0.4, 0.5) is 0 Å². The topological polar surface area (TPSA) is 0 Å². The quantitative estimate of drug-likeness (QED) is 0.385. The number of rotatable bonds is 0. The second-order valence-corrected chi connectivity index (χ2v) is 1.39. The van der Waals surface area contributed by atoms with Gasteiger partial charge in [-0.1, -0.05) is 0 Å². The Balaban J connectivity index is 2.36. The molecular weight excluding hydrogens is 72.1 g/mol. The summed E-state index contributed by atoms with van der Waals surface area (Å²) in [7, 11) is 0. The van der Waals surface area contributed by atoms with Crippen LogP contribution < -0.4 is 0 Å². The molecule has 0 unspecified atom stereocenters. The molecule has 0 saturated carbocycles. The van der Waals surface area contributed by atoms with E-state index in [1.807, 2.05) is 0 Å². The summed E-state index contributed by atoms with van der Waals surface area (Å²) in [5.41, 5.74) is 0. The van der Waals surface area contributed by atoms with Crippen molar-refractivity contribution in [1.29, 1.82) is 0 Å². The van der Waals surface area contributed by atoms with E-state index in [9.17, 15) is 0 Å². The predicted octanol–water partition coefficient (Wildman–Crippen LogP) is 1.38. The molecule has 0 aliphatic heterocycles. The molecule has 31 valence electrons. The van der Waals surface area contributed by atoms with Crippen LogP contribution in [0.25, 0.3) is 0 Å². The maximum Gasteiger partial charge on any atom is 0.0120 e. The van der Waals surface area contributed by atoms with Crippen LogP contribution in [0.3, 0.4) is 0 Å². The average molecular weight is 79.1 g/mol. The van der Waals surface area contributed by atoms with Gasteiger partial charge in [0.15, 0.2) is 0 Å². The molecule has 0 nitrogen and oxygen atoms in total. The Morgan fingerprint density at radius 2 is 2.33 bits per heavy atom. The zero-order chi connectivity index (χ0) is 4.24. The second kappa shape index (κ2) is 1.87. The molecule has 1 aliphatic carbocycles. The number of hydrogen-bond acceptors (Lipinski definition) is 0. The fourth-order valence-electron chi connectivity index (χ4n) is 0.509. The Kier molecular flexibility index (Phi) is 1.17. The summed E-state index contributed by atoms with van der Waals surface area (Å²) in [6.45, 7) is 0. The van der Waals surface area contributed by atoms with Crippen molar-refractivity contribution in [2.45, 2.75) is 19.3 Å². The highest BCUT2D eigenvalue weighted by Gasteiger charge is 1.86. The molecule has 0 aromatic carbocycles. The van der Waals surface area contributed by atoms with E-state index in [0.717, 1.165) is 12.8 Å². The molecule has 1 aliphatic rings.